The molecule has 2 aromatic rings. The molecule has 0 aliphatic heterocycles. The molecule has 1 heterocycles. The number of hydrogen-bond donors (Lipinski definition) is 1. The van der Waals surface area contributed by atoms with Gasteiger partial charge >= 0.3 is 0 Å². The minimum absolute atomic E-state index is 0.0736. The Morgan fingerprint density at radius 1 is 1.44 bits per heavy atom. The summed E-state index contributed by atoms with van der Waals surface area (Å²) in [6.07, 6.45) is 2.14. The van der Waals surface area contributed by atoms with Crippen molar-refractivity contribution in [3.8, 4) is 0 Å². The molecule has 0 spiro atoms. The molecule has 0 aliphatic carbocycles. The Balaban J connectivity index is 2.02. The summed E-state index contributed by atoms with van der Waals surface area (Å²) in [7, 11) is 0. The van der Waals surface area contributed by atoms with Gasteiger partial charge in [0.05, 0.1) is 0 Å². The average Bonchev–Trinajstić information content (AvgIpc) is 2.76. The molecule has 18 heavy (non-hydrogen) atoms. The topological polar surface area (TPSA) is 64.9 Å². The molecule has 0 saturated heterocycles. The van der Waals surface area contributed by atoms with Crippen LogP contribution in [0.4, 0.5) is 0 Å². The molecule has 0 fully saturated rings. The highest BCUT2D eigenvalue weighted by molar-refractivity contribution is 6.30. The standard InChI is InChI=1S/C13H16ClN3O/c1-2-11(15)8-13-16-12(17-18-13)7-9-4-3-5-10(14)6-9/h3-6,11H,2,7-8,15H2,1H3. The van der Waals surface area contributed by atoms with E-state index in [4.69, 9.17) is 21.9 Å². The first-order valence-corrected chi connectivity index (χ1v) is 6.36. The smallest absolute Gasteiger partial charge is 0.228 e. The highest BCUT2D eigenvalue weighted by atomic mass is 35.5. The van der Waals surface area contributed by atoms with Crippen LogP contribution in [0.25, 0.3) is 0 Å². The number of benzene rings is 1. The molecule has 0 bridgehead atoms. The SMILES string of the molecule is CCC(N)Cc1nc(Cc2cccc(Cl)c2)no1. The van der Waals surface area contributed by atoms with Gasteiger partial charge in [-0.3, -0.25) is 0 Å². The number of nitrogens with two attached hydrogens (primary N) is 1. The number of aromatic nitrogens is 2. The molecule has 2 N–H and O–H groups in total. The van der Waals surface area contributed by atoms with Gasteiger partial charge in [0, 0.05) is 23.9 Å². The van der Waals surface area contributed by atoms with Crippen molar-refractivity contribution in [1.82, 2.24) is 10.1 Å². The molecular formula is C13H16ClN3O. The number of hydrogen-bond acceptors (Lipinski definition) is 4. The first-order chi connectivity index (χ1) is 8.67. The summed E-state index contributed by atoms with van der Waals surface area (Å²) in [5.41, 5.74) is 6.91. The van der Waals surface area contributed by atoms with Crippen molar-refractivity contribution in [3.05, 3.63) is 46.6 Å². The highest BCUT2D eigenvalue weighted by Crippen LogP contribution is 2.13. The lowest BCUT2D eigenvalue weighted by Gasteiger charge is -2.02. The molecule has 1 aromatic carbocycles. The monoisotopic (exact) mass is 265 g/mol. The van der Waals surface area contributed by atoms with Gasteiger partial charge in [-0.25, -0.2) is 0 Å². The molecule has 5 heteroatoms. The van der Waals surface area contributed by atoms with E-state index in [1.165, 1.54) is 0 Å². The molecule has 1 atom stereocenters. The van der Waals surface area contributed by atoms with Crippen LogP contribution in [0.5, 0.6) is 0 Å². The van der Waals surface area contributed by atoms with Gasteiger partial charge in [0.1, 0.15) is 0 Å². The molecule has 0 radical (unpaired) electrons. The molecular weight excluding hydrogens is 250 g/mol. The van der Waals surface area contributed by atoms with Gasteiger partial charge in [0.2, 0.25) is 5.89 Å². The Bertz CT molecular complexity index is 512. The molecule has 1 aromatic heterocycles. The molecule has 0 aliphatic rings. The largest absolute Gasteiger partial charge is 0.339 e. The van der Waals surface area contributed by atoms with Crippen LogP contribution in [0.1, 0.15) is 30.6 Å². The van der Waals surface area contributed by atoms with Crippen molar-refractivity contribution in [3.63, 3.8) is 0 Å². The summed E-state index contributed by atoms with van der Waals surface area (Å²) in [5, 5.41) is 4.66. The number of nitrogens with zero attached hydrogens (tertiary/aromatic N) is 2. The number of rotatable bonds is 5. The van der Waals surface area contributed by atoms with Crippen LogP contribution in [0.2, 0.25) is 5.02 Å². The van der Waals surface area contributed by atoms with Crippen molar-refractivity contribution < 1.29 is 4.52 Å². The van der Waals surface area contributed by atoms with E-state index in [1.54, 1.807) is 0 Å². The lowest BCUT2D eigenvalue weighted by Crippen LogP contribution is -2.21. The summed E-state index contributed by atoms with van der Waals surface area (Å²) in [6, 6.07) is 7.71. The molecule has 1 unspecified atom stereocenters. The first-order valence-electron chi connectivity index (χ1n) is 5.99. The molecule has 4 nitrogen and oxygen atoms in total. The average molecular weight is 266 g/mol. The van der Waals surface area contributed by atoms with E-state index >= 15 is 0 Å². The zero-order chi connectivity index (χ0) is 13.0. The Kier molecular flexibility index (Phi) is 4.33. The quantitative estimate of drug-likeness (QED) is 0.902. The summed E-state index contributed by atoms with van der Waals surface area (Å²) in [4.78, 5) is 4.32. The second-order valence-electron chi connectivity index (χ2n) is 4.28. The fraction of sp³-hybridized carbons (Fsp3) is 0.385. The summed E-state index contributed by atoms with van der Waals surface area (Å²) in [5.74, 6) is 1.26. The van der Waals surface area contributed by atoms with Gasteiger partial charge in [-0.1, -0.05) is 35.8 Å². The Morgan fingerprint density at radius 3 is 3.00 bits per heavy atom. The van der Waals surface area contributed by atoms with Gasteiger partial charge in [-0.2, -0.15) is 4.98 Å². The van der Waals surface area contributed by atoms with E-state index in [1.807, 2.05) is 31.2 Å². The fourth-order valence-electron chi connectivity index (χ4n) is 1.64. The summed E-state index contributed by atoms with van der Waals surface area (Å²) >= 11 is 5.92. The first kappa shape index (κ1) is 13.1. The maximum absolute atomic E-state index is 5.92. The van der Waals surface area contributed by atoms with Crippen LogP contribution < -0.4 is 5.73 Å². The van der Waals surface area contributed by atoms with Gasteiger partial charge in [0.25, 0.3) is 0 Å². The molecule has 2 rings (SSSR count). The van der Waals surface area contributed by atoms with Gasteiger partial charge in [-0.15, -0.1) is 0 Å². The summed E-state index contributed by atoms with van der Waals surface area (Å²) < 4.78 is 5.17. The van der Waals surface area contributed by atoms with Crippen molar-refractivity contribution in [1.29, 1.82) is 0 Å². The van der Waals surface area contributed by atoms with Crippen LogP contribution in [0, 0.1) is 0 Å². The number of halogens is 1. The Labute approximate surface area is 111 Å². The van der Waals surface area contributed by atoms with Crippen molar-refractivity contribution in [2.45, 2.75) is 32.2 Å². The van der Waals surface area contributed by atoms with E-state index in [-0.39, 0.29) is 6.04 Å². The highest BCUT2D eigenvalue weighted by Gasteiger charge is 2.10. The Morgan fingerprint density at radius 2 is 2.28 bits per heavy atom. The van der Waals surface area contributed by atoms with Crippen molar-refractivity contribution in [2.24, 2.45) is 5.73 Å². The zero-order valence-corrected chi connectivity index (χ0v) is 11.0. The van der Waals surface area contributed by atoms with Crippen molar-refractivity contribution in [2.75, 3.05) is 0 Å². The second kappa shape index (κ2) is 5.98. The third-order valence-corrected chi connectivity index (χ3v) is 2.96. The lowest BCUT2D eigenvalue weighted by molar-refractivity contribution is 0.363. The van der Waals surface area contributed by atoms with Crippen LogP contribution in [0.3, 0.4) is 0 Å². The predicted octanol–water partition coefficient (Wildman–Crippen LogP) is 2.59. The Hall–Kier alpha value is -1.39. The van der Waals surface area contributed by atoms with Gasteiger partial charge < -0.3 is 10.3 Å². The molecule has 0 saturated carbocycles. The maximum Gasteiger partial charge on any atom is 0.228 e. The van der Waals surface area contributed by atoms with Crippen LogP contribution in [0.15, 0.2) is 28.8 Å². The third kappa shape index (κ3) is 3.55. The normalized spacial score (nSPS) is 12.6. The van der Waals surface area contributed by atoms with Crippen LogP contribution in [-0.2, 0) is 12.8 Å². The minimum Gasteiger partial charge on any atom is -0.339 e. The molecule has 0 amide bonds. The predicted molar refractivity (Wildman–Crippen MR) is 70.5 cm³/mol. The minimum atomic E-state index is 0.0736. The van der Waals surface area contributed by atoms with E-state index in [9.17, 15) is 0 Å². The zero-order valence-electron chi connectivity index (χ0n) is 10.3. The van der Waals surface area contributed by atoms with E-state index in [0.29, 0.717) is 29.6 Å². The van der Waals surface area contributed by atoms with Crippen molar-refractivity contribution >= 4 is 11.6 Å². The fourth-order valence-corrected chi connectivity index (χ4v) is 1.86. The van der Waals surface area contributed by atoms with Crippen LogP contribution in [-0.4, -0.2) is 16.2 Å². The lowest BCUT2D eigenvalue weighted by atomic mass is 10.1. The third-order valence-electron chi connectivity index (χ3n) is 2.72. The van der Waals surface area contributed by atoms with Gasteiger partial charge in [0.15, 0.2) is 5.82 Å². The van der Waals surface area contributed by atoms with Crippen LogP contribution >= 0.6 is 11.6 Å². The van der Waals surface area contributed by atoms with Gasteiger partial charge in [-0.05, 0) is 24.1 Å². The van der Waals surface area contributed by atoms with E-state index in [2.05, 4.69) is 10.1 Å². The summed E-state index contributed by atoms with van der Waals surface area (Å²) in [6.45, 7) is 2.04. The van der Waals surface area contributed by atoms with E-state index in [0.717, 1.165) is 12.0 Å². The molecule has 96 valence electrons. The second-order valence-corrected chi connectivity index (χ2v) is 4.72. The maximum atomic E-state index is 5.92. The van der Waals surface area contributed by atoms with E-state index < -0.39 is 0 Å².